The first-order chi connectivity index (χ1) is 11.6. The summed E-state index contributed by atoms with van der Waals surface area (Å²) in [4.78, 5) is 41.7. The average Bonchev–Trinajstić information content (AvgIpc) is 3.16. The molecule has 1 aliphatic heterocycles. The van der Waals surface area contributed by atoms with Crippen LogP contribution in [0.25, 0.3) is 0 Å². The van der Waals surface area contributed by atoms with Gasteiger partial charge < -0.3 is 15.2 Å². The molecule has 0 aromatic carbocycles. The minimum Gasteiger partial charge on any atom is -0.354 e. The van der Waals surface area contributed by atoms with Crippen molar-refractivity contribution in [2.45, 2.75) is 50.6 Å². The number of nitrogens with zero attached hydrogens (tertiary/aromatic N) is 3. The molecule has 24 heavy (non-hydrogen) atoms. The van der Waals surface area contributed by atoms with E-state index in [0.29, 0.717) is 19.4 Å². The van der Waals surface area contributed by atoms with E-state index in [1.54, 1.807) is 12.5 Å². The van der Waals surface area contributed by atoms with Crippen LogP contribution in [0.3, 0.4) is 0 Å². The van der Waals surface area contributed by atoms with Crippen molar-refractivity contribution in [2.24, 2.45) is 0 Å². The molecule has 8 heteroatoms. The van der Waals surface area contributed by atoms with E-state index >= 15 is 0 Å². The number of urea groups is 1. The zero-order valence-corrected chi connectivity index (χ0v) is 13.7. The second-order valence-electron chi connectivity index (χ2n) is 6.47. The predicted molar refractivity (Wildman–Crippen MR) is 85.9 cm³/mol. The molecule has 2 N–H and O–H groups in total. The van der Waals surface area contributed by atoms with Gasteiger partial charge in [-0.25, -0.2) is 9.78 Å². The molecule has 1 spiro atoms. The van der Waals surface area contributed by atoms with E-state index in [2.05, 4.69) is 15.6 Å². The number of carbonyl (C=O) groups is 3. The molecule has 2 fully saturated rings. The van der Waals surface area contributed by atoms with Gasteiger partial charge >= 0.3 is 6.03 Å². The summed E-state index contributed by atoms with van der Waals surface area (Å²) in [5.41, 5.74) is -0.767. The number of imidazole rings is 1. The van der Waals surface area contributed by atoms with Crippen LogP contribution in [0.4, 0.5) is 4.79 Å². The minimum absolute atomic E-state index is 0.211. The normalized spacial score (nSPS) is 19.6. The van der Waals surface area contributed by atoms with Crippen LogP contribution in [0.5, 0.6) is 0 Å². The van der Waals surface area contributed by atoms with Gasteiger partial charge in [0, 0.05) is 25.5 Å². The van der Waals surface area contributed by atoms with Crippen molar-refractivity contribution in [2.75, 3.05) is 13.1 Å². The average molecular weight is 333 g/mol. The van der Waals surface area contributed by atoms with E-state index in [9.17, 15) is 14.4 Å². The Labute approximate surface area is 140 Å². The number of amides is 4. The lowest BCUT2D eigenvalue weighted by Gasteiger charge is -2.30. The maximum atomic E-state index is 12.6. The fraction of sp³-hybridized carbons (Fsp3) is 0.625. The molecule has 2 heterocycles. The predicted octanol–water partition coefficient (Wildman–Crippen LogP) is 0.644. The minimum atomic E-state index is -0.767. The van der Waals surface area contributed by atoms with Crippen LogP contribution in [0, 0.1) is 0 Å². The van der Waals surface area contributed by atoms with E-state index in [0.717, 1.165) is 37.1 Å². The zero-order chi connectivity index (χ0) is 17.0. The molecule has 8 nitrogen and oxygen atoms in total. The van der Waals surface area contributed by atoms with Gasteiger partial charge in [0.1, 0.15) is 12.1 Å². The lowest BCUT2D eigenvalue weighted by atomic mass is 9.82. The monoisotopic (exact) mass is 333 g/mol. The molecule has 1 aromatic heterocycles. The quantitative estimate of drug-likeness (QED) is 0.590. The Morgan fingerprint density at radius 1 is 1.29 bits per heavy atom. The van der Waals surface area contributed by atoms with E-state index in [1.165, 1.54) is 0 Å². The van der Waals surface area contributed by atoms with E-state index in [1.807, 2.05) is 10.8 Å². The molecule has 130 valence electrons. The maximum absolute atomic E-state index is 12.6. The van der Waals surface area contributed by atoms with E-state index < -0.39 is 11.6 Å². The lowest BCUT2D eigenvalue weighted by molar-refractivity contribution is -0.135. The highest BCUT2D eigenvalue weighted by Gasteiger charge is 2.51. The van der Waals surface area contributed by atoms with Crippen molar-refractivity contribution in [3.8, 4) is 0 Å². The number of carbonyl (C=O) groups excluding carboxylic acids is 3. The summed E-state index contributed by atoms with van der Waals surface area (Å²) in [5.74, 6) is -0.558. The van der Waals surface area contributed by atoms with Gasteiger partial charge in [-0.2, -0.15) is 0 Å². The number of imide groups is 1. The fourth-order valence-electron chi connectivity index (χ4n) is 3.42. The number of aromatic nitrogens is 2. The van der Waals surface area contributed by atoms with Crippen LogP contribution in [-0.4, -0.2) is 50.9 Å². The Morgan fingerprint density at radius 3 is 2.79 bits per heavy atom. The Bertz CT molecular complexity index is 607. The number of rotatable bonds is 6. The first kappa shape index (κ1) is 16.5. The van der Waals surface area contributed by atoms with Gasteiger partial charge in [-0.15, -0.1) is 0 Å². The standard InChI is InChI=1S/C16H23N5O3/c22-13(18-7-4-9-20-10-8-17-12-20)11-21-14(23)16(19-15(21)24)5-2-1-3-6-16/h8,10,12H,1-7,9,11H2,(H,18,22)(H,19,24). The highest BCUT2D eigenvalue weighted by molar-refractivity contribution is 6.09. The van der Waals surface area contributed by atoms with Gasteiger partial charge in [0.2, 0.25) is 5.91 Å². The second kappa shape index (κ2) is 7.02. The number of nitrogens with one attached hydrogen (secondary N) is 2. The van der Waals surface area contributed by atoms with Gasteiger partial charge in [-0.05, 0) is 19.3 Å². The van der Waals surface area contributed by atoms with Crippen LogP contribution >= 0.6 is 0 Å². The van der Waals surface area contributed by atoms with Gasteiger partial charge in [0.15, 0.2) is 0 Å². The summed E-state index contributed by atoms with van der Waals surface area (Å²) in [5, 5.41) is 5.57. The van der Waals surface area contributed by atoms with Crippen LogP contribution in [0.15, 0.2) is 18.7 Å². The first-order valence-electron chi connectivity index (χ1n) is 8.47. The van der Waals surface area contributed by atoms with Crippen LogP contribution in [0.1, 0.15) is 38.5 Å². The highest BCUT2D eigenvalue weighted by Crippen LogP contribution is 2.33. The maximum Gasteiger partial charge on any atom is 0.325 e. The third-order valence-electron chi connectivity index (χ3n) is 4.73. The van der Waals surface area contributed by atoms with Gasteiger partial charge in [0.05, 0.1) is 6.33 Å². The molecule has 3 rings (SSSR count). The first-order valence-corrected chi connectivity index (χ1v) is 8.47. The number of hydrogen-bond donors (Lipinski definition) is 2. The summed E-state index contributed by atoms with van der Waals surface area (Å²) < 4.78 is 1.93. The third kappa shape index (κ3) is 3.42. The fourth-order valence-corrected chi connectivity index (χ4v) is 3.42. The van der Waals surface area contributed by atoms with Gasteiger partial charge in [0.25, 0.3) is 5.91 Å². The van der Waals surface area contributed by atoms with Crippen molar-refractivity contribution in [3.05, 3.63) is 18.7 Å². The molecule has 4 amide bonds. The largest absolute Gasteiger partial charge is 0.354 e. The van der Waals surface area contributed by atoms with Crippen molar-refractivity contribution in [1.29, 1.82) is 0 Å². The van der Waals surface area contributed by atoms with Crippen molar-refractivity contribution in [3.63, 3.8) is 0 Å². The summed E-state index contributed by atoms with van der Waals surface area (Å²) >= 11 is 0. The smallest absolute Gasteiger partial charge is 0.325 e. The number of hydrogen-bond acceptors (Lipinski definition) is 4. The molecule has 0 radical (unpaired) electrons. The summed E-state index contributed by atoms with van der Waals surface area (Å²) in [6.07, 6.45) is 10.3. The molecule has 1 aliphatic carbocycles. The van der Waals surface area contributed by atoms with Crippen molar-refractivity contribution < 1.29 is 14.4 Å². The molecule has 1 aromatic rings. The molecule has 0 unspecified atom stereocenters. The third-order valence-corrected chi connectivity index (χ3v) is 4.73. The van der Waals surface area contributed by atoms with Crippen LogP contribution in [-0.2, 0) is 16.1 Å². The van der Waals surface area contributed by atoms with Crippen molar-refractivity contribution >= 4 is 17.8 Å². The second-order valence-corrected chi connectivity index (χ2v) is 6.47. The Kier molecular flexibility index (Phi) is 4.82. The molecular formula is C16H23N5O3. The molecular weight excluding hydrogens is 310 g/mol. The zero-order valence-electron chi connectivity index (χ0n) is 13.7. The van der Waals surface area contributed by atoms with E-state index in [-0.39, 0.29) is 18.4 Å². The van der Waals surface area contributed by atoms with Crippen LogP contribution < -0.4 is 10.6 Å². The topological polar surface area (TPSA) is 96.3 Å². The Balaban J connectivity index is 1.45. The summed E-state index contributed by atoms with van der Waals surface area (Å²) in [6.45, 7) is 1.04. The summed E-state index contributed by atoms with van der Waals surface area (Å²) in [6, 6.07) is -0.449. The van der Waals surface area contributed by atoms with Gasteiger partial charge in [-0.3, -0.25) is 14.5 Å². The Hall–Kier alpha value is -2.38. The molecule has 2 aliphatic rings. The Morgan fingerprint density at radius 2 is 2.08 bits per heavy atom. The molecule has 0 atom stereocenters. The highest BCUT2D eigenvalue weighted by atomic mass is 16.2. The SMILES string of the molecule is O=C(CN1C(=O)NC2(CCCCC2)C1=O)NCCCn1ccnc1. The van der Waals surface area contributed by atoms with Crippen molar-refractivity contribution in [1.82, 2.24) is 25.1 Å². The lowest BCUT2D eigenvalue weighted by Crippen LogP contribution is -2.49. The summed E-state index contributed by atoms with van der Waals surface area (Å²) in [7, 11) is 0. The molecule has 1 saturated carbocycles. The number of aryl methyl sites for hydroxylation is 1. The van der Waals surface area contributed by atoms with Gasteiger partial charge in [-0.1, -0.05) is 19.3 Å². The van der Waals surface area contributed by atoms with Crippen LogP contribution in [0.2, 0.25) is 0 Å². The van der Waals surface area contributed by atoms with E-state index in [4.69, 9.17) is 0 Å². The molecule has 0 bridgehead atoms. The molecule has 1 saturated heterocycles.